The summed E-state index contributed by atoms with van der Waals surface area (Å²) in [5, 5.41) is 8.95. The van der Waals surface area contributed by atoms with Crippen LogP contribution in [-0.2, 0) is 10.2 Å². The lowest BCUT2D eigenvalue weighted by molar-refractivity contribution is -0.139. The Labute approximate surface area is 74.2 Å². The Hall–Kier alpha value is -0.900. The highest BCUT2D eigenvalue weighted by atomic mass is 32.1. The molecular formula is C8H9NO2S. The number of carboxylic acids is 1. The second-order valence-electron chi connectivity index (χ2n) is 3.22. The van der Waals surface area contributed by atoms with Crippen molar-refractivity contribution >= 4 is 17.5 Å². The number of nitrogens with zero attached hydrogens (tertiary/aromatic N) is 1. The summed E-state index contributed by atoms with van der Waals surface area (Å²) in [6.07, 6.45) is 1.54. The number of hydrogen-bond donors (Lipinski definition) is 1. The number of rotatable bonds is 2. The van der Waals surface area contributed by atoms with E-state index in [1.165, 1.54) is 11.5 Å². The van der Waals surface area contributed by atoms with Crippen LogP contribution in [0.4, 0.5) is 0 Å². The number of aryl methyl sites for hydroxylation is 1. The molecule has 0 aromatic carbocycles. The van der Waals surface area contributed by atoms with Crippen molar-refractivity contribution in [1.82, 2.24) is 4.37 Å². The summed E-state index contributed by atoms with van der Waals surface area (Å²) in [5.41, 5.74) is 0.355. The van der Waals surface area contributed by atoms with Gasteiger partial charge in [0, 0.05) is 4.88 Å². The van der Waals surface area contributed by atoms with E-state index in [2.05, 4.69) is 4.37 Å². The molecule has 1 fully saturated rings. The van der Waals surface area contributed by atoms with Gasteiger partial charge >= 0.3 is 5.97 Å². The largest absolute Gasteiger partial charge is 0.481 e. The van der Waals surface area contributed by atoms with E-state index in [4.69, 9.17) is 5.11 Å². The van der Waals surface area contributed by atoms with Crippen molar-refractivity contribution < 1.29 is 9.90 Å². The van der Waals surface area contributed by atoms with E-state index in [1.807, 2.05) is 13.0 Å². The lowest BCUT2D eigenvalue weighted by Gasteiger charge is -2.03. The van der Waals surface area contributed by atoms with Crippen LogP contribution in [0.5, 0.6) is 0 Å². The first-order valence-corrected chi connectivity index (χ1v) is 4.60. The smallest absolute Gasteiger partial charge is 0.315 e. The molecule has 0 bridgehead atoms. The molecule has 0 spiro atoms. The lowest BCUT2D eigenvalue weighted by atomic mass is 10.1. The Balaban J connectivity index is 2.36. The van der Waals surface area contributed by atoms with Crippen LogP contribution in [-0.4, -0.2) is 15.4 Å². The predicted molar refractivity (Wildman–Crippen MR) is 45.4 cm³/mol. The van der Waals surface area contributed by atoms with Gasteiger partial charge in [-0.05, 0) is 37.4 Å². The third-order valence-electron chi connectivity index (χ3n) is 2.26. The second kappa shape index (κ2) is 2.29. The van der Waals surface area contributed by atoms with Crippen LogP contribution in [0.1, 0.15) is 23.4 Å². The van der Waals surface area contributed by atoms with E-state index >= 15 is 0 Å². The van der Waals surface area contributed by atoms with Gasteiger partial charge in [-0.15, -0.1) is 0 Å². The zero-order valence-electron chi connectivity index (χ0n) is 6.70. The van der Waals surface area contributed by atoms with E-state index in [0.717, 1.165) is 23.4 Å². The van der Waals surface area contributed by atoms with Crippen LogP contribution in [0.15, 0.2) is 6.07 Å². The van der Waals surface area contributed by atoms with Crippen molar-refractivity contribution in [2.24, 2.45) is 0 Å². The first kappa shape index (κ1) is 7.73. The third kappa shape index (κ3) is 0.948. The summed E-state index contributed by atoms with van der Waals surface area (Å²) in [4.78, 5) is 11.8. The Bertz CT molecular complexity index is 328. The molecule has 4 heteroatoms. The van der Waals surface area contributed by atoms with Crippen LogP contribution in [0, 0.1) is 6.92 Å². The van der Waals surface area contributed by atoms with Gasteiger partial charge in [-0.1, -0.05) is 0 Å². The van der Waals surface area contributed by atoms with E-state index in [0.29, 0.717) is 0 Å². The summed E-state index contributed by atoms with van der Waals surface area (Å²) in [6.45, 7) is 1.89. The fraction of sp³-hybridized carbons (Fsp3) is 0.500. The van der Waals surface area contributed by atoms with Crippen molar-refractivity contribution in [2.75, 3.05) is 0 Å². The molecule has 3 nitrogen and oxygen atoms in total. The first-order valence-electron chi connectivity index (χ1n) is 3.82. The highest BCUT2D eigenvalue weighted by molar-refractivity contribution is 7.06. The molecule has 1 aromatic heterocycles. The van der Waals surface area contributed by atoms with Gasteiger partial charge in [-0.2, -0.15) is 4.37 Å². The zero-order chi connectivity index (χ0) is 8.77. The fourth-order valence-electron chi connectivity index (χ4n) is 1.28. The maximum absolute atomic E-state index is 10.9. The Morgan fingerprint density at radius 3 is 2.75 bits per heavy atom. The average molecular weight is 183 g/mol. The maximum Gasteiger partial charge on any atom is 0.315 e. The molecule has 2 rings (SSSR count). The summed E-state index contributed by atoms with van der Waals surface area (Å²) in [7, 11) is 0. The Morgan fingerprint density at radius 2 is 2.42 bits per heavy atom. The number of carboxylic acid groups (broad SMARTS) is 1. The van der Waals surface area contributed by atoms with Crippen LogP contribution >= 0.6 is 11.5 Å². The molecule has 0 saturated heterocycles. The molecule has 0 atom stereocenters. The molecule has 1 aromatic rings. The maximum atomic E-state index is 10.9. The normalized spacial score (nSPS) is 19.1. The molecule has 0 unspecified atom stereocenters. The molecular weight excluding hydrogens is 174 g/mol. The third-order valence-corrected chi connectivity index (χ3v) is 3.34. The standard InChI is InChI=1S/C8H9NO2S/c1-5-4-6(12-9-5)8(2-3-8)7(10)11/h4H,2-3H2,1H3,(H,10,11). The minimum absolute atomic E-state index is 0.564. The molecule has 12 heavy (non-hydrogen) atoms. The van der Waals surface area contributed by atoms with Crippen molar-refractivity contribution in [3.05, 3.63) is 16.6 Å². The van der Waals surface area contributed by atoms with Crippen molar-refractivity contribution in [3.63, 3.8) is 0 Å². The monoisotopic (exact) mass is 183 g/mol. The summed E-state index contributed by atoms with van der Waals surface area (Å²) >= 11 is 1.32. The van der Waals surface area contributed by atoms with Gasteiger partial charge in [0.05, 0.1) is 5.69 Å². The molecule has 0 amide bonds. The zero-order valence-corrected chi connectivity index (χ0v) is 7.52. The van der Waals surface area contributed by atoms with Gasteiger partial charge in [0.1, 0.15) is 5.41 Å². The van der Waals surface area contributed by atoms with E-state index in [1.54, 1.807) is 0 Å². The van der Waals surface area contributed by atoms with Gasteiger partial charge in [0.2, 0.25) is 0 Å². The molecule has 0 aliphatic heterocycles. The molecule has 1 aliphatic rings. The summed E-state index contributed by atoms with van der Waals surface area (Å²) < 4.78 is 4.08. The SMILES string of the molecule is Cc1cc(C2(C(=O)O)CC2)sn1. The van der Waals surface area contributed by atoms with Gasteiger partial charge in [0.25, 0.3) is 0 Å². The number of aromatic nitrogens is 1. The predicted octanol–water partition coefficient (Wildman–Crippen LogP) is 1.57. The first-order chi connectivity index (χ1) is 5.65. The van der Waals surface area contributed by atoms with Gasteiger partial charge in [0.15, 0.2) is 0 Å². The minimum atomic E-state index is -0.703. The molecule has 1 aliphatic carbocycles. The van der Waals surface area contributed by atoms with Crippen molar-refractivity contribution in [1.29, 1.82) is 0 Å². The molecule has 64 valence electrons. The topological polar surface area (TPSA) is 50.2 Å². The van der Waals surface area contributed by atoms with Crippen LogP contribution < -0.4 is 0 Å². The lowest BCUT2D eigenvalue weighted by Crippen LogP contribution is -2.17. The van der Waals surface area contributed by atoms with Crippen LogP contribution in [0.3, 0.4) is 0 Å². The number of carbonyl (C=O) groups is 1. The quantitative estimate of drug-likeness (QED) is 0.757. The van der Waals surface area contributed by atoms with Crippen molar-refractivity contribution in [2.45, 2.75) is 25.2 Å². The second-order valence-corrected chi connectivity index (χ2v) is 4.02. The van der Waals surface area contributed by atoms with Crippen LogP contribution in [0.2, 0.25) is 0 Å². The van der Waals surface area contributed by atoms with Gasteiger partial charge < -0.3 is 5.11 Å². The Kier molecular flexibility index (Phi) is 1.48. The van der Waals surface area contributed by atoms with Crippen LogP contribution in [0.25, 0.3) is 0 Å². The van der Waals surface area contributed by atoms with Crippen molar-refractivity contribution in [3.8, 4) is 0 Å². The minimum Gasteiger partial charge on any atom is -0.481 e. The molecule has 1 N–H and O–H groups in total. The number of aliphatic carboxylic acids is 1. The summed E-state index contributed by atoms with van der Waals surface area (Å²) in [6, 6.07) is 1.88. The highest BCUT2D eigenvalue weighted by Gasteiger charge is 2.53. The Morgan fingerprint density at radius 1 is 1.75 bits per heavy atom. The van der Waals surface area contributed by atoms with Gasteiger partial charge in [-0.3, -0.25) is 4.79 Å². The highest BCUT2D eigenvalue weighted by Crippen LogP contribution is 2.49. The molecule has 1 heterocycles. The summed E-state index contributed by atoms with van der Waals surface area (Å²) in [5.74, 6) is -0.703. The van der Waals surface area contributed by atoms with E-state index in [-0.39, 0.29) is 0 Å². The van der Waals surface area contributed by atoms with E-state index < -0.39 is 11.4 Å². The fourth-order valence-corrected chi connectivity index (χ4v) is 2.26. The van der Waals surface area contributed by atoms with Gasteiger partial charge in [-0.25, -0.2) is 0 Å². The average Bonchev–Trinajstić information content (AvgIpc) is 2.71. The number of hydrogen-bond acceptors (Lipinski definition) is 3. The molecule has 0 radical (unpaired) electrons. The molecule has 1 saturated carbocycles. The van der Waals surface area contributed by atoms with E-state index in [9.17, 15) is 4.79 Å².